The average Bonchev–Trinajstić information content (AvgIpc) is 2.85. The van der Waals surface area contributed by atoms with Gasteiger partial charge in [0, 0.05) is 30.4 Å². The van der Waals surface area contributed by atoms with Crippen molar-refractivity contribution < 1.29 is 19.7 Å². The Bertz CT molecular complexity index is 736. The van der Waals surface area contributed by atoms with Crippen molar-refractivity contribution in [3.63, 3.8) is 0 Å². The molecule has 0 spiro atoms. The Morgan fingerprint density at radius 1 is 1.23 bits per heavy atom. The fraction of sp³-hybridized carbons (Fsp3) is 0.400. The van der Waals surface area contributed by atoms with Gasteiger partial charge in [0.1, 0.15) is 5.75 Å². The molecule has 138 valence electrons. The number of nitrogens with zero attached hydrogens (tertiary/aromatic N) is 2. The third-order valence-electron chi connectivity index (χ3n) is 4.56. The average molecular weight is 356 g/mol. The highest BCUT2D eigenvalue weighted by Crippen LogP contribution is 2.27. The van der Waals surface area contributed by atoms with Crippen molar-refractivity contribution in [2.24, 2.45) is 0 Å². The predicted molar refractivity (Wildman–Crippen MR) is 97.9 cm³/mol. The van der Waals surface area contributed by atoms with Crippen molar-refractivity contribution in [2.45, 2.75) is 31.9 Å². The molecule has 2 aromatic rings. The van der Waals surface area contributed by atoms with E-state index in [0.29, 0.717) is 12.3 Å². The maximum atomic E-state index is 10.9. The van der Waals surface area contributed by atoms with Crippen molar-refractivity contribution in [1.29, 1.82) is 0 Å². The molecular weight excluding hydrogens is 332 g/mol. The molecule has 0 radical (unpaired) electrons. The van der Waals surface area contributed by atoms with Gasteiger partial charge in [-0.25, -0.2) is 4.79 Å². The van der Waals surface area contributed by atoms with Crippen LogP contribution >= 0.6 is 0 Å². The fourth-order valence-electron chi connectivity index (χ4n) is 3.21. The van der Waals surface area contributed by atoms with Gasteiger partial charge in [-0.2, -0.15) is 0 Å². The second-order valence-corrected chi connectivity index (χ2v) is 6.58. The highest BCUT2D eigenvalue weighted by atomic mass is 16.5. The third kappa shape index (κ3) is 5.03. The fourth-order valence-corrected chi connectivity index (χ4v) is 3.21. The van der Waals surface area contributed by atoms with Crippen molar-refractivity contribution in [3.8, 4) is 17.0 Å². The van der Waals surface area contributed by atoms with E-state index in [9.17, 15) is 9.90 Å². The number of aromatic nitrogens is 1. The van der Waals surface area contributed by atoms with E-state index < -0.39 is 5.97 Å². The number of aliphatic carboxylic acids is 1. The van der Waals surface area contributed by atoms with Crippen LogP contribution in [0.25, 0.3) is 11.3 Å². The first-order valence-electron chi connectivity index (χ1n) is 8.91. The molecule has 1 aliphatic rings. The van der Waals surface area contributed by atoms with Crippen LogP contribution in [0.15, 0.2) is 42.6 Å². The Balaban J connectivity index is 1.84. The number of carboxylic acid groups (broad SMARTS) is 1. The van der Waals surface area contributed by atoms with Gasteiger partial charge in [-0.3, -0.25) is 9.88 Å². The van der Waals surface area contributed by atoms with Crippen LogP contribution in [0.5, 0.6) is 5.75 Å². The van der Waals surface area contributed by atoms with Crippen molar-refractivity contribution in [3.05, 3.63) is 48.2 Å². The Kier molecular flexibility index (Phi) is 6.20. The molecule has 1 unspecified atom stereocenters. The molecule has 6 heteroatoms. The first-order valence-corrected chi connectivity index (χ1v) is 8.91. The number of aliphatic hydroxyl groups is 1. The largest absolute Gasteiger partial charge is 0.482 e. The Labute approximate surface area is 153 Å². The first kappa shape index (κ1) is 18.4. The lowest BCUT2D eigenvalue weighted by molar-refractivity contribution is -0.139. The number of hydrogen-bond donors (Lipinski definition) is 2. The summed E-state index contributed by atoms with van der Waals surface area (Å²) in [7, 11) is 0. The Morgan fingerprint density at radius 2 is 2.12 bits per heavy atom. The minimum absolute atomic E-state index is 0.234. The van der Waals surface area contributed by atoms with E-state index in [0.717, 1.165) is 49.2 Å². The molecule has 6 nitrogen and oxygen atoms in total. The number of hydrogen-bond acceptors (Lipinski definition) is 5. The first-order chi connectivity index (χ1) is 12.6. The van der Waals surface area contributed by atoms with E-state index >= 15 is 0 Å². The van der Waals surface area contributed by atoms with E-state index in [-0.39, 0.29) is 12.7 Å². The smallest absolute Gasteiger partial charge is 0.341 e. The summed E-state index contributed by atoms with van der Waals surface area (Å²) < 4.78 is 5.49. The van der Waals surface area contributed by atoms with Gasteiger partial charge in [0.25, 0.3) is 0 Å². The summed E-state index contributed by atoms with van der Waals surface area (Å²) in [6, 6.07) is 11.5. The van der Waals surface area contributed by atoms with Crippen LogP contribution in [-0.2, 0) is 11.3 Å². The van der Waals surface area contributed by atoms with Gasteiger partial charge in [-0.1, -0.05) is 6.07 Å². The summed E-state index contributed by atoms with van der Waals surface area (Å²) >= 11 is 0. The summed E-state index contributed by atoms with van der Waals surface area (Å²) in [5, 5.41) is 18.8. The van der Waals surface area contributed by atoms with Gasteiger partial charge in [0.15, 0.2) is 6.61 Å². The lowest BCUT2D eigenvalue weighted by atomic mass is 10.1. The second kappa shape index (κ2) is 8.78. The van der Waals surface area contributed by atoms with E-state index in [1.165, 1.54) is 0 Å². The summed E-state index contributed by atoms with van der Waals surface area (Å²) in [5.41, 5.74) is 2.77. The van der Waals surface area contributed by atoms with Gasteiger partial charge in [0.2, 0.25) is 0 Å². The highest BCUT2D eigenvalue weighted by molar-refractivity contribution is 5.69. The molecule has 3 rings (SSSR count). The van der Waals surface area contributed by atoms with Crippen LogP contribution in [0.4, 0.5) is 0 Å². The van der Waals surface area contributed by atoms with E-state index in [1.54, 1.807) is 6.20 Å². The number of aliphatic hydroxyl groups excluding tert-OH is 1. The standard InChI is InChI=1S/C20H24N2O4/c23-17-4-3-10-22(11-8-17)13-16-12-15(18-5-1-2-9-21-18)6-7-19(16)26-14-20(24)25/h1-2,5-7,9,12,17,23H,3-4,8,10-11,13-14H2,(H,24,25). The van der Waals surface area contributed by atoms with Crippen LogP contribution in [0.3, 0.4) is 0 Å². The molecule has 2 heterocycles. The topological polar surface area (TPSA) is 82.9 Å². The summed E-state index contributed by atoms with van der Waals surface area (Å²) in [5.74, 6) is -0.417. The number of carboxylic acids is 1. The molecule has 1 aliphatic heterocycles. The zero-order chi connectivity index (χ0) is 18.4. The van der Waals surface area contributed by atoms with Crippen LogP contribution < -0.4 is 4.74 Å². The number of pyridine rings is 1. The second-order valence-electron chi connectivity index (χ2n) is 6.58. The molecule has 1 aromatic heterocycles. The molecule has 0 bridgehead atoms. The lowest BCUT2D eigenvalue weighted by Crippen LogP contribution is -2.25. The molecule has 2 N–H and O–H groups in total. The van der Waals surface area contributed by atoms with Crippen LogP contribution in [0, 0.1) is 0 Å². The summed E-state index contributed by atoms with van der Waals surface area (Å²) in [6.45, 7) is 2.01. The summed E-state index contributed by atoms with van der Waals surface area (Å²) in [6.07, 6.45) is 4.05. The third-order valence-corrected chi connectivity index (χ3v) is 4.56. The number of rotatable bonds is 6. The SMILES string of the molecule is O=C(O)COc1ccc(-c2ccccn2)cc1CN1CCCC(O)CC1. The van der Waals surface area contributed by atoms with Crippen LogP contribution in [0.1, 0.15) is 24.8 Å². The van der Waals surface area contributed by atoms with Crippen molar-refractivity contribution in [1.82, 2.24) is 9.88 Å². The molecule has 0 aliphatic carbocycles. The monoisotopic (exact) mass is 356 g/mol. The van der Waals surface area contributed by atoms with Crippen molar-refractivity contribution in [2.75, 3.05) is 19.7 Å². The van der Waals surface area contributed by atoms with Crippen LogP contribution in [0.2, 0.25) is 0 Å². The van der Waals surface area contributed by atoms with E-state index in [2.05, 4.69) is 9.88 Å². The molecule has 1 saturated heterocycles. The normalized spacial score (nSPS) is 18.3. The number of likely N-dealkylation sites (tertiary alicyclic amines) is 1. The maximum absolute atomic E-state index is 10.9. The predicted octanol–water partition coefficient (Wildman–Crippen LogP) is 2.56. The van der Waals surface area contributed by atoms with Gasteiger partial charge in [-0.05, 0) is 56.1 Å². The quantitative estimate of drug-likeness (QED) is 0.828. The zero-order valence-corrected chi connectivity index (χ0v) is 14.7. The highest BCUT2D eigenvalue weighted by Gasteiger charge is 2.17. The molecule has 1 fully saturated rings. The Morgan fingerprint density at radius 3 is 2.88 bits per heavy atom. The van der Waals surface area contributed by atoms with Gasteiger partial charge in [-0.15, -0.1) is 0 Å². The molecule has 1 atom stereocenters. The van der Waals surface area contributed by atoms with E-state index in [4.69, 9.17) is 9.84 Å². The molecule has 0 amide bonds. The molecule has 1 aromatic carbocycles. The molecular formula is C20H24N2O4. The van der Waals surface area contributed by atoms with Crippen LogP contribution in [-0.4, -0.2) is 51.9 Å². The zero-order valence-electron chi connectivity index (χ0n) is 14.7. The maximum Gasteiger partial charge on any atom is 0.341 e. The van der Waals surface area contributed by atoms with E-state index in [1.807, 2.05) is 36.4 Å². The van der Waals surface area contributed by atoms with Gasteiger partial charge in [0.05, 0.1) is 11.8 Å². The number of carbonyl (C=O) groups is 1. The Hall–Kier alpha value is -2.44. The minimum Gasteiger partial charge on any atom is -0.482 e. The number of ether oxygens (including phenoxy) is 1. The summed E-state index contributed by atoms with van der Waals surface area (Å²) in [4.78, 5) is 17.5. The van der Waals surface area contributed by atoms with Gasteiger partial charge < -0.3 is 14.9 Å². The van der Waals surface area contributed by atoms with Crippen molar-refractivity contribution >= 4 is 5.97 Å². The lowest BCUT2D eigenvalue weighted by Gasteiger charge is -2.22. The molecule has 0 saturated carbocycles. The minimum atomic E-state index is -0.998. The molecule has 26 heavy (non-hydrogen) atoms. The number of benzene rings is 1. The van der Waals surface area contributed by atoms with Gasteiger partial charge >= 0.3 is 5.97 Å².